The Bertz CT molecular complexity index is 514. The van der Waals surface area contributed by atoms with Crippen molar-refractivity contribution in [2.75, 3.05) is 6.54 Å². The van der Waals surface area contributed by atoms with Crippen LogP contribution in [0, 0.1) is 0 Å². The summed E-state index contributed by atoms with van der Waals surface area (Å²) in [4.78, 5) is 0. The van der Waals surface area contributed by atoms with E-state index in [1.807, 2.05) is 37.3 Å². The summed E-state index contributed by atoms with van der Waals surface area (Å²) in [6.07, 6.45) is 0. The number of ether oxygens (including phenoxy) is 1. The van der Waals surface area contributed by atoms with E-state index in [1.165, 1.54) is 0 Å². The minimum absolute atomic E-state index is 0.393. The summed E-state index contributed by atoms with van der Waals surface area (Å²) in [5, 5.41) is 7.86. The Balaban J connectivity index is 1.79. The number of benzene rings is 1. The van der Waals surface area contributed by atoms with Crippen molar-refractivity contribution in [1.29, 1.82) is 0 Å². The Morgan fingerprint density at radius 3 is 2.95 bits per heavy atom. The minimum Gasteiger partial charge on any atom is -0.369 e. The number of halogens is 1. The second-order valence-electron chi connectivity index (χ2n) is 4.15. The van der Waals surface area contributed by atoms with Crippen LogP contribution in [0.2, 0.25) is 5.02 Å². The Hall–Kier alpha value is -1.36. The van der Waals surface area contributed by atoms with E-state index >= 15 is 0 Å². The van der Waals surface area contributed by atoms with E-state index in [-0.39, 0.29) is 0 Å². The van der Waals surface area contributed by atoms with Gasteiger partial charge < -0.3 is 14.6 Å². The van der Waals surface area contributed by atoms with Crippen molar-refractivity contribution in [1.82, 2.24) is 10.5 Å². The zero-order valence-electron chi connectivity index (χ0n) is 10.9. The highest BCUT2D eigenvalue weighted by Gasteiger charge is 2.05. The molecule has 0 spiro atoms. The zero-order valence-corrected chi connectivity index (χ0v) is 11.6. The molecule has 0 bridgehead atoms. The predicted octanol–water partition coefficient (Wildman–Crippen LogP) is 3.15. The molecular weight excluding hydrogens is 264 g/mol. The van der Waals surface area contributed by atoms with E-state index in [4.69, 9.17) is 20.9 Å². The average molecular weight is 281 g/mol. The minimum atomic E-state index is 0.393. The third kappa shape index (κ3) is 4.35. The van der Waals surface area contributed by atoms with Crippen molar-refractivity contribution in [2.24, 2.45) is 0 Å². The van der Waals surface area contributed by atoms with E-state index in [1.54, 1.807) is 0 Å². The molecule has 0 aliphatic heterocycles. The van der Waals surface area contributed by atoms with Crippen LogP contribution in [0.15, 0.2) is 34.9 Å². The van der Waals surface area contributed by atoms with Crippen molar-refractivity contribution >= 4 is 11.6 Å². The van der Waals surface area contributed by atoms with Gasteiger partial charge in [0.2, 0.25) is 0 Å². The average Bonchev–Trinajstić information content (AvgIpc) is 2.86. The summed E-state index contributed by atoms with van der Waals surface area (Å²) in [6, 6.07) is 9.53. The van der Waals surface area contributed by atoms with Crippen molar-refractivity contribution in [3.63, 3.8) is 0 Å². The Morgan fingerprint density at radius 1 is 1.32 bits per heavy atom. The molecule has 2 rings (SSSR count). The molecule has 0 aliphatic carbocycles. The standard InChI is InChI=1S/C14H17ClN2O2/c1-2-16-8-12-7-13(19-17-12)10-18-9-11-5-3-4-6-14(11)15/h3-7,16H,2,8-10H2,1H3. The topological polar surface area (TPSA) is 47.3 Å². The van der Waals surface area contributed by atoms with Gasteiger partial charge >= 0.3 is 0 Å². The number of aromatic nitrogens is 1. The van der Waals surface area contributed by atoms with Gasteiger partial charge in [-0.05, 0) is 18.2 Å². The number of nitrogens with zero attached hydrogens (tertiary/aromatic N) is 1. The van der Waals surface area contributed by atoms with Gasteiger partial charge in [0.15, 0.2) is 5.76 Å². The lowest BCUT2D eigenvalue weighted by molar-refractivity contribution is 0.0884. The van der Waals surface area contributed by atoms with Gasteiger partial charge in [0.1, 0.15) is 6.61 Å². The zero-order chi connectivity index (χ0) is 13.5. The molecule has 0 radical (unpaired) electrons. The summed E-state index contributed by atoms with van der Waals surface area (Å²) in [5.41, 5.74) is 1.86. The Kier molecular flexibility index (Phi) is 5.39. The lowest BCUT2D eigenvalue weighted by Gasteiger charge is -2.03. The van der Waals surface area contributed by atoms with Crippen molar-refractivity contribution < 1.29 is 9.26 Å². The molecule has 19 heavy (non-hydrogen) atoms. The number of rotatable bonds is 7. The van der Waals surface area contributed by atoms with Crippen LogP contribution in [0.4, 0.5) is 0 Å². The first-order valence-corrected chi connectivity index (χ1v) is 6.63. The summed E-state index contributed by atoms with van der Waals surface area (Å²) >= 11 is 6.04. The Labute approximate surface area is 117 Å². The van der Waals surface area contributed by atoms with E-state index in [2.05, 4.69) is 10.5 Å². The van der Waals surface area contributed by atoms with Gasteiger partial charge in [0, 0.05) is 17.6 Å². The summed E-state index contributed by atoms with van der Waals surface area (Å²) in [6.45, 7) is 4.52. The summed E-state index contributed by atoms with van der Waals surface area (Å²) < 4.78 is 10.7. The van der Waals surface area contributed by atoms with E-state index in [0.29, 0.717) is 24.8 Å². The first kappa shape index (κ1) is 14.1. The molecule has 0 saturated carbocycles. The Morgan fingerprint density at radius 2 is 2.16 bits per heavy atom. The molecule has 2 aromatic rings. The van der Waals surface area contributed by atoms with Gasteiger partial charge in [-0.25, -0.2) is 0 Å². The molecule has 1 aromatic heterocycles. The highest BCUT2D eigenvalue weighted by molar-refractivity contribution is 6.31. The first-order valence-electron chi connectivity index (χ1n) is 6.26. The maximum atomic E-state index is 6.04. The molecule has 1 N–H and O–H groups in total. The fourth-order valence-corrected chi connectivity index (χ4v) is 1.83. The highest BCUT2D eigenvalue weighted by Crippen LogP contribution is 2.16. The molecule has 0 atom stereocenters. The van der Waals surface area contributed by atoms with Crippen molar-refractivity contribution in [3.05, 3.63) is 52.4 Å². The van der Waals surface area contributed by atoms with Gasteiger partial charge in [0.25, 0.3) is 0 Å². The normalized spacial score (nSPS) is 10.8. The highest BCUT2D eigenvalue weighted by atomic mass is 35.5. The number of nitrogens with one attached hydrogen (secondary N) is 1. The van der Waals surface area contributed by atoms with Gasteiger partial charge in [-0.15, -0.1) is 0 Å². The quantitative estimate of drug-likeness (QED) is 0.846. The second kappa shape index (κ2) is 7.28. The molecular formula is C14H17ClN2O2. The van der Waals surface area contributed by atoms with Crippen molar-refractivity contribution in [2.45, 2.75) is 26.7 Å². The van der Waals surface area contributed by atoms with E-state index < -0.39 is 0 Å². The second-order valence-corrected chi connectivity index (χ2v) is 4.56. The molecule has 1 aromatic carbocycles. The molecule has 0 unspecified atom stereocenters. The van der Waals surface area contributed by atoms with Crippen LogP contribution in [-0.2, 0) is 24.5 Å². The molecule has 0 saturated heterocycles. The van der Waals surface area contributed by atoms with Crippen LogP contribution in [0.3, 0.4) is 0 Å². The molecule has 0 aliphatic rings. The largest absolute Gasteiger partial charge is 0.369 e. The molecule has 102 valence electrons. The summed E-state index contributed by atoms with van der Waals surface area (Å²) in [5.74, 6) is 0.722. The molecule has 0 fully saturated rings. The third-order valence-electron chi connectivity index (χ3n) is 2.62. The molecule has 0 amide bonds. The van der Waals surface area contributed by atoms with Gasteiger partial charge in [-0.3, -0.25) is 0 Å². The lowest BCUT2D eigenvalue weighted by Crippen LogP contribution is -2.11. The first-order chi connectivity index (χ1) is 9.29. The number of hydrogen-bond acceptors (Lipinski definition) is 4. The lowest BCUT2D eigenvalue weighted by atomic mass is 10.2. The van der Waals surface area contributed by atoms with Crippen LogP contribution in [0.5, 0.6) is 0 Å². The smallest absolute Gasteiger partial charge is 0.162 e. The monoisotopic (exact) mass is 280 g/mol. The maximum absolute atomic E-state index is 6.04. The fraction of sp³-hybridized carbons (Fsp3) is 0.357. The molecule has 4 nitrogen and oxygen atoms in total. The molecule has 5 heteroatoms. The van der Waals surface area contributed by atoms with Gasteiger partial charge in [-0.1, -0.05) is 41.9 Å². The fourth-order valence-electron chi connectivity index (χ4n) is 1.64. The van der Waals surface area contributed by atoms with Crippen LogP contribution < -0.4 is 5.32 Å². The summed E-state index contributed by atoms with van der Waals surface area (Å²) in [7, 11) is 0. The van der Waals surface area contributed by atoms with Crippen LogP contribution >= 0.6 is 11.6 Å². The van der Waals surface area contributed by atoms with Crippen molar-refractivity contribution in [3.8, 4) is 0 Å². The maximum Gasteiger partial charge on any atom is 0.162 e. The predicted molar refractivity (Wildman–Crippen MR) is 73.8 cm³/mol. The third-order valence-corrected chi connectivity index (χ3v) is 2.99. The van der Waals surface area contributed by atoms with Gasteiger partial charge in [-0.2, -0.15) is 0 Å². The van der Waals surface area contributed by atoms with Crippen LogP contribution in [0.25, 0.3) is 0 Å². The van der Waals surface area contributed by atoms with Gasteiger partial charge in [0.05, 0.1) is 12.3 Å². The van der Waals surface area contributed by atoms with Crippen LogP contribution in [0.1, 0.15) is 23.9 Å². The SMILES string of the molecule is CCNCc1cc(COCc2ccccc2Cl)on1. The van der Waals surface area contributed by atoms with Crippen LogP contribution in [-0.4, -0.2) is 11.7 Å². The number of hydrogen-bond donors (Lipinski definition) is 1. The van der Waals surface area contributed by atoms with E-state index in [0.717, 1.165) is 23.6 Å². The van der Waals surface area contributed by atoms with E-state index in [9.17, 15) is 0 Å². The molecule has 1 heterocycles.